The number of carbonyl (C=O) groups excluding carboxylic acids is 2. The first-order chi connectivity index (χ1) is 12.9. The molecule has 6 unspecified atom stereocenters. The highest BCUT2D eigenvalue weighted by Gasteiger charge is 2.62. The lowest BCUT2D eigenvalue weighted by molar-refractivity contribution is -0.134. The molecule has 4 rings (SSSR count). The number of hydrogen-bond acceptors (Lipinski definition) is 7. The highest BCUT2D eigenvalue weighted by Crippen LogP contribution is 2.53. The van der Waals surface area contributed by atoms with Gasteiger partial charge in [-0.3, -0.25) is 9.59 Å². The summed E-state index contributed by atoms with van der Waals surface area (Å²) in [6.45, 7) is 0. The van der Waals surface area contributed by atoms with E-state index in [1.54, 1.807) is 6.08 Å². The molecule has 1 saturated carbocycles. The second-order valence-corrected chi connectivity index (χ2v) is 10.1. The van der Waals surface area contributed by atoms with Crippen LogP contribution in [0.4, 0.5) is 0 Å². The van der Waals surface area contributed by atoms with Crippen LogP contribution in [0.3, 0.4) is 0 Å². The number of amides is 2. The number of allylic oxidation sites excluding steroid dienone is 3. The van der Waals surface area contributed by atoms with E-state index in [4.69, 9.17) is 4.74 Å². The third-order valence-electron chi connectivity index (χ3n) is 5.79. The van der Waals surface area contributed by atoms with Crippen molar-refractivity contribution in [2.45, 2.75) is 24.4 Å². The highest BCUT2D eigenvalue weighted by molar-refractivity contribution is 7.98. The van der Waals surface area contributed by atoms with Crippen LogP contribution in [0.25, 0.3) is 0 Å². The van der Waals surface area contributed by atoms with Crippen LogP contribution in [0, 0.1) is 23.7 Å². The van der Waals surface area contributed by atoms with Crippen LogP contribution in [-0.2, 0) is 24.3 Å². The third kappa shape index (κ3) is 2.91. The summed E-state index contributed by atoms with van der Waals surface area (Å²) < 4.78 is 31.7. The molecule has 2 bridgehead atoms. The number of sulfonamides is 1. The van der Waals surface area contributed by atoms with Crippen LogP contribution in [0.5, 0.6) is 0 Å². The number of aliphatic hydroxyl groups is 1. The second-order valence-electron chi connectivity index (χ2n) is 7.25. The first-order valence-electron chi connectivity index (χ1n) is 8.83. The highest BCUT2D eigenvalue weighted by atomic mass is 32.2. The molecule has 1 aliphatic heterocycles. The standard InChI is InChI=1S/C18H21NO6S2/c1-26-9-25-18(22)10-4-6-13(7-5-10)27(23,24)19-16(20)14-11-2-3-12(8-11)15(14)17(19)21/h2-6,11-15,18,22H,7-9H2,1H3. The van der Waals surface area contributed by atoms with Crippen LogP contribution in [0.1, 0.15) is 12.8 Å². The molecule has 7 nitrogen and oxygen atoms in total. The zero-order valence-corrected chi connectivity index (χ0v) is 16.4. The minimum absolute atomic E-state index is 0.0335. The molecule has 3 aliphatic carbocycles. The summed E-state index contributed by atoms with van der Waals surface area (Å²) in [6.07, 6.45) is 9.86. The molecular formula is C18H21NO6S2. The van der Waals surface area contributed by atoms with Crippen molar-refractivity contribution in [1.82, 2.24) is 4.31 Å². The van der Waals surface area contributed by atoms with E-state index in [2.05, 4.69) is 0 Å². The fourth-order valence-electron chi connectivity index (χ4n) is 4.51. The van der Waals surface area contributed by atoms with E-state index in [-0.39, 0.29) is 18.3 Å². The topological polar surface area (TPSA) is 101 Å². The quantitative estimate of drug-likeness (QED) is 0.396. The second kappa shape index (κ2) is 6.88. The lowest BCUT2D eigenvalue weighted by Crippen LogP contribution is -2.43. The van der Waals surface area contributed by atoms with Gasteiger partial charge in [0.15, 0.2) is 6.29 Å². The molecular weight excluding hydrogens is 390 g/mol. The number of thioether (sulfide) groups is 1. The first-order valence-corrected chi connectivity index (χ1v) is 11.7. The number of fused-ring (bicyclic) bond motifs is 5. The lowest BCUT2D eigenvalue weighted by Gasteiger charge is -2.24. The molecule has 1 N–H and O–H groups in total. The SMILES string of the molecule is CSCOC(O)C1=CCC(S(=O)(=O)N2C(=O)C3C4C=CC(C4)C3C2=O)C=C1. The van der Waals surface area contributed by atoms with E-state index in [1.165, 1.54) is 23.9 Å². The lowest BCUT2D eigenvalue weighted by atomic mass is 9.85. The van der Waals surface area contributed by atoms with Gasteiger partial charge in [-0.05, 0) is 30.9 Å². The van der Waals surface area contributed by atoms with Gasteiger partial charge in [-0.15, -0.1) is 11.8 Å². The van der Waals surface area contributed by atoms with Gasteiger partial charge in [-0.25, -0.2) is 8.42 Å². The smallest absolute Gasteiger partial charge is 0.250 e. The number of imide groups is 1. The minimum atomic E-state index is -4.14. The number of nitrogens with zero attached hydrogens (tertiary/aromatic N) is 1. The molecule has 146 valence electrons. The molecule has 2 fully saturated rings. The average Bonchev–Trinajstić information content (AvgIpc) is 3.33. The number of aliphatic hydroxyl groups excluding tert-OH is 1. The number of carbonyl (C=O) groups is 2. The van der Waals surface area contributed by atoms with Gasteiger partial charge in [0.05, 0.1) is 17.8 Å². The Hall–Kier alpha value is -1.42. The van der Waals surface area contributed by atoms with Gasteiger partial charge < -0.3 is 9.84 Å². The number of hydrogen-bond donors (Lipinski definition) is 1. The molecule has 1 saturated heterocycles. The van der Waals surface area contributed by atoms with Crippen molar-refractivity contribution in [2.24, 2.45) is 23.7 Å². The Morgan fingerprint density at radius 1 is 1.22 bits per heavy atom. The van der Waals surface area contributed by atoms with E-state index in [0.717, 1.165) is 6.42 Å². The summed E-state index contributed by atoms with van der Waals surface area (Å²) in [5.74, 6) is -2.01. The monoisotopic (exact) mass is 411 g/mol. The summed E-state index contributed by atoms with van der Waals surface area (Å²) in [6, 6.07) is 0. The molecule has 1 heterocycles. The van der Waals surface area contributed by atoms with Crippen molar-refractivity contribution in [3.63, 3.8) is 0 Å². The van der Waals surface area contributed by atoms with Crippen LogP contribution in [0.15, 0.2) is 36.0 Å². The Morgan fingerprint density at radius 3 is 2.37 bits per heavy atom. The molecule has 6 atom stereocenters. The van der Waals surface area contributed by atoms with Gasteiger partial charge in [-0.2, -0.15) is 4.31 Å². The average molecular weight is 412 g/mol. The van der Waals surface area contributed by atoms with E-state index < -0.39 is 45.2 Å². The maximum absolute atomic E-state index is 13.0. The number of rotatable bonds is 6. The van der Waals surface area contributed by atoms with Gasteiger partial charge in [0.25, 0.3) is 10.0 Å². The Kier molecular flexibility index (Phi) is 4.82. The zero-order valence-electron chi connectivity index (χ0n) is 14.7. The minimum Gasteiger partial charge on any atom is -0.364 e. The molecule has 0 radical (unpaired) electrons. The normalized spacial score (nSPS) is 35.7. The van der Waals surface area contributed by atoms with Gasteiger partial charge in [0.2, 0.25) is 11.8 Å². The Balaban J connectivity index is 1.51. The molecule has 27 heavy (non-hydrogen) atoms. The van der Waals surface area contributed by atoms with Crippen LogP contribution in [0.2, 0.25) is 0 Å². The molecule has 9 heteroatoms. The Bertz CT molecular complexity index is 831. The molecule has 0 spiro atoms. The summed E-state index contributed by atoms with van der Waals surface area (Å²) in [4.78, 5) is 25.5. The van der Waals surface area contributed by atoms with E-state index in [9.17, 15) is 23.1 Å². The molecule has 4 aliphatic rings. The van der Waals surface area contributed by atoms with Gasteiger partial charge in [0.1, 0.15) is 5.25 Å². The van der Waals surface area contributed by atoms with Crippen molar-refractivity contribution in [3.8, 4) is 0 Å². The fraction of sp³-hybridized carbons (Fsp3) is 0.556. The van der Waals surface area contributed by atoms with Crippen molar-refractivity contribution in [2.75, 3.05) is 12.2 Å². The van der Waals surface area contributed by atoms with Gasteiger partial charge in [-0.1, -0.05) is 30.4 Å². The van der Waals surface area contributed by atoms with Crippen molar-refractivity contribution < 1.29 is 27.9 Å². The maximum Gasteiger partial charge on any atom is 0.250 e. The number of ether oxygens (including phenoxy) is 1. The van der Waals surface area contributed by atoms with Crippen molar-refractivity contribution in [3.05, 3.63) is 36.0 Å². The molecule has 0 aromatic rings. The molecule has 2 amide bonds. The van der Waals surface area contributed by atoms with Gasteiger partial charge in [0, 0.05) is 5.57 Å². The zero-order chi connectivity index (χ0) is 19.3. The van der Waals surface area contributed by atoms with Crippen LogP contribution < -0.4 is 0 Å². The largest absolute Gasteiger partial charge is 0.364 e. The van der Waals surface area contributed by atoms with Gasteiger partial charge >= 0.3 is 0 Å². The third-order valence-corrected chi connectivity index (χ3v) is 8.14. The molecule has 0 aromatic carbocycles. The fourth-order valence-corrected chi connectivity index (χ4v) is 6.41. The maximum atomic E-state index is 13.0. The van der Waals surface area contributed by atoms with Crippen LogP contribution >= 0.6 is 11.8 Å². The predicted molar refractivity (Wildman–Crippen MR) is 99.6 cm³/mol. The van der Waals surface area contributed by atoms with Crippen molar-refractivity contribution in [1.29, 1.82) is 0 Å². The summed E-state index contributed by atoms with van der Waals surface area (Å²) >= 11 is 1.41. The summed E-state index contributed by atoms with van der Waals surface area (Å²) in [5.41, 5.74) is 0.466. The van der Waals surface area contributed by atoms with Crippen LogP contribution in [-0.4, -0.2) is 53.4 Å². The van der Waals surface area contributed by atoms with E-state index in [1.807, 2.05) is 18.4 Å². The molecule has 0 aromatic heterocycles. The Morgan fingerprint density at radius 2 is 1.85 bits per heavy atom. The Labute approximate surface area is 162 Å². The summed E-state index contributed by atoms with van der Waals surface area (Å²) in [5, 5.41) is 8.93. The van der Waals surface area contributed by atoms with Crippen molar-refractivity contribution >= 4 is 33.6 Å². The van der Waals surface area contributed by atoms with E-state index in [0.29, 0.717) is 15.8 Å². The summed E-state index contributed by atoms with van der Waals surface area (Å²) in [7, 11) is -4.14. The predicted octanol–water partition coefficient (Wildman–Crippen LogP) is 1.03. The van der Waals surface area contributed by atoms with E-state index >= 15 is 0 Å². The first kappa shape index (κ1) is 18.9.